The Labute approximate surface area is 95.6 Å². The molecule has 1 atom stereocenters. The summed E-state index contributed by atoms with van der Waals surface area (Å²) in [5, 5.41) is 2.25. The molecule has 2 rings (SSSR count). The van der Waals surface area contributed by atoms with Crippen molar-refractivity contribution in [3.8, 4) is 0 Å². The van der Waals surface area contributed by atoms with Gasteiger partial charge in [0.25, 0.3) is 0 Å². The Morgan fingerprint density at radius 3 is 2.65 bits per heavy atom. The van der Waals surface area contributed by atoms with Crippen LogP contribution in [-0.2, 0) is 0 Å². The van der Waals surface area contributed by atoms with Crippen LogP contribution in [0.25, 0.3) is 11.1 Å². The molecule has 0 aliphatic carbocycles. The van der Waals surface area contributed by atoms with Crippen LogP contribution in [0.15, 0.2) is 22.6 Å². The lowest BCUT2D eigenvalue weighted by molar-refractivity contribution is -0.156. The minimum absolute atomic E-state index is 0.126. The number of aromatic nitrogens is 1. The van der Waals surface area contributed by atoms with Gasteiger partial charge in [0.1, 0.15) is 11.6 Å². The summed E-state index contributed by atoms with van der Waals surface area (Å²) in [4.78, 5) is 4.01. The molecule has 92 valence electrons. The zero-order chi connectivity index (χ0) is 12.6. The monoisotopic (exact) mass is 244 g/mol. The maximum atomic E-state index is 12.7. The summed E-state index contributed by atoms with van der Waals surface area (Å²) < 4.78 is 43.3. The molecule has 0 saturated heterocycles. The van der Waals surface area contributed by atoms with Crippen LogP contribution in [-0.4, -0.2) is 18.2 Å². The summed E-state index contributed by atoms with van der Waals surface area (Å²) in [5.41, 5.74) is 1.05. The fourth-order valence-electron chi connectivity index (χ4n) is 1.76. The van der Waals surface area contributed by atoms with Crippen LogP contribution in [0.5, 0.6) is 0 Å². The number of oxazole rings is 1. The first kappa shape index (κ1) is 11.9. The van der Waals surface area contributed by atoms with E-state index in [9.17, 15) is 13.2 Å². The number of nitrogens with one attached hydrogen (secondary N) is 1. The van der Waals surface area contributed by atoms with Gasteiger partial charge < -0.3 is 9.73 Å². The van der Waals surface area contributed by atoms with Crippen molar-refractivity contribution in [2.24, 2.45) is 0 Å². The second-order valence-electron chi connectivity index (χ2n) is 3.72. The summed E-state index contributed by atoms with van der Waals surface area (Å²) in [5.74, 6) is 0.435. The van der Waals surface area contributed by atoms with Gasteiger partial charge in [-0.1, -0.05) is 6.07 Å². The molecule has 0 saturated carbocycles. The van der Waals surface area contributed by atoms with E-state index >= 15 is 0 Å². The Kier molecular flexibility index (Phi) is 2.82. The Balaban J connectivity index is 2.47. The standard InChI is InChI=1S/C11H11F3N2O/c1-6-16-8-5-7(3-4-9(8)17-6)10(15-2)11(12,13)14/h3-5,10,15H,1-2H3. The number of alkyl halides is 3. The zero-order valence-corrected chi connectivity index (χ0v) is 9.30. The summed E-state index contributed by atoms with van der Waals surface area (Å²) in [6, 6.07) is 2.59. The first-order valence-corrected chi connectivity index (χ1v) is 5.03. The fraction of sp³-hybridized carbons (Fsp3) is 0.364. The predicted octanol–water partition coefficient (Wildman–Crippen LogP) is 2.96. The second-order valence-corrected chi connectivity index (χ2v) is 3.72. The fourth-order valence-corrected chi connectivity index (χ4v) is 1.76. The van der Waals surface area contributed by atoms with Crippen molar-refractivity contribution in [2.75, 3.05) is 7.05 Å². The molecular formula is C11H11F3N2O. The van der Waals surface area contributed by atoms with E-state index in [0.29, 0.717) is 17.0 Å². The van der Waals surface area contributed by atoms with Crippen LogP contribution >= 0.6 is 0 Å². The van der Waals surface area contributed by atoms with Crippen molar-refractivity contribution in [1.29, 1.82) is 0 Å². The second kappa shape index (κ2) is 4.03. The molecule has 1 aromatic heterocycles. The first-order valence-electron chi connectivity index (χ1n) is 5.03. The van der Waals surface area contributed by atoms with Crippen LogP contribution < -0.4 is 5.32 Å². The average molecular weight is 244 g/mol. The number of rotatable bonds is 2. The van der Waals surface area contributed by atoms with E-state index in [1.165, 1.54) is 25.2 Å². The number of hydrogen-bond donors (Lipinski definition) is 1. The SMILES string of the molecule is CNC(c1ccc2oc(C)nc2c1)C(F)(F)F. The van der Waals surface area contributed by atoms with E-state index in [-0.39, 0.29) is 5.56 Å². The lowest BCUT2D eigenvalue weighted by atomic mass is 10.1. The Morgan fingerprint density at radius 2 is 2.06 bits per heavy atom. The van der Waals surface area contributed by atoms with Gasteiger partial charge in [-0.05, 0) is 24.7 Å². The molecule has 1 heterocycles. The highest BCUT2D eigenvalue weighted by atomic mass is 19.4. The van der Waals surface area contributed by atoms with Gasteiger partial charge >= 0.3 is 6.18 Å². The third kappa shape index (κ3) is 2.26. The van der Waals surface area contributed by atoms with Crippen molar-refractivity contribution in [2.45, 2.75) is 19.1 Å². The van der Waals surface area contributed by atoms with E-state index in [1.54, 1.807) is 6.92 Å². The zero-order valence-electron chi connectivity index (χ0n) is 9.30. The molecular weight excluding hydrogens is 233 g/mol. The molecule has 0 radical (unpaired) electrons. The van der Waals surface area contributed by atoms with Gasteiger partial charge in [-0.2, -0.15) is 13.2 Å². The number of fused-ring (bicyclic) bond motifs is 1. The minimum atomic E-state index is -4.33. The van der Waals surface area contributed by atoms with Crippen molar-refractivity contribution in [1.82, 2.24) is 10.3 Å². The van der Waals surface area contributed by atoms with Crippen molar-refractivity contribution in [3.05, 3.63) is 29.7 Å². The Bertz CT molecular complexity index is 533. The van der Waals surface area contributed by atoms with E-state index in [2.05, 4.69) is 10.3 Å². The lowest BCUT2D eigenvalue weighted by Gasteiger charge is -2.19. The van der Waals surface area contributed by atoms with Crippen molar-refractivity contribution in [3.63, 3.8) is 0 Å². The summed E-state index contributed by atoms with van der Waals surface area (Å²) in [7, 11) is 1.27. The molecule has 0 bridgehead atoms. The molecule has 0 aliphatic rings. The van der Waals surface area contributed by atoms with Crippen molar-refractivity contribution >= 4 is 11.1 Å². The number of hydrogen-bond acceptors (Lipinski definition) is 3. The van der Waals surface area contributed by atoms with Crippen LogP contribution in [0.3, 0.4) is 0 Å². The molecule has 0 fully saturated rings. The number of nitrogens with zero attached hydrogens (tertiary/aromatic N) is 1. The van der Waals surface area contributed by atoms with Crippen LogP contribution in [0.2, 0.25) is 0 Å². The van der Waals surface area contributed by atoms with Gasteiger partial charge in [0, 0.05) is 6.92 Å². The highest BCUT2D eigenvalue weighted by molar-refractivity contribution is 5.73. The molecule has 3 nitrogen and oxygen atoms in total. The predicted molar refractivity (Wildman–Crippen MR) is 56.6 cm³/mol. The minimum Gasteiger partial charge on any atom is -0.441 e. The number of aryl methyl sites for hydroxylation is 1. The normalized spacial score (nSPS) is 14.2. The van der Waals surface area contributed by atoms with Crippen LogP contribution in [0.1, 0.15) is 17.5 Å². The van der Waals surface area contributed by atoms with Gasteiger partial charge in [-0.25, -0.2) is 4.98 Å². The molecule has 1 aromatic carbocycles. The molecule has 6 heteroatoms. The molecule has 0 spiro atoms. The molecule has 2 aromatic rings. The number of benzene rings is 1. The highest BCUT2D eigenvalue weighted by Crippen LogP contribution is 2.33. The van der Waals surface area contributed by atoms with E-state index in [4.69, 9.17) is 4.42 Å². The van der Waals surface area contributed by atoms with E-state index in [0.717, 1.165) is 0 Å². The van der Waals surface area contributed by atoms with Gasteiger partial charge in [0.05, 0.1) is 0 Å². The molecule has 1 N–H and O–H groups in total. The highest BCUT2D eigenvalue weighted by Gasteiger charge is 2.39. The largest absolute Gasteiger partial charge is 0.441 e. The molecule has 17 heavy (non-hydrogen) atoms. The van der Waals surface area contributed by atoms with Crippen LogP contribution in [0.4, 0.5) is 13.2 Å². The van der Waals surface area contributed by atoms with E-state index < -0.39 is 12.2 Å². The Hall–Kier alpha value is -1.56. The Morgan fingerprint density at radius 1 is 1.35 bits per heavy atom. The van der Waals surface area contributed by atoms with Crippen molar-refractivity contribution < 1.29 is 17.6 Å². The summed E-state index contributed by atoms with van der Waals surface area (Å²) in [6.45, 7) is 1.65. The lowest BCUT2D eigenvalue weighted by Crippen LogP contribution is -2.31. The number of halogens is 3. The van der Waals surface area contributed by atoms with Gasteiger partial charge in [-0.15, -0.1) is 0 Å². The third-order valence-electron chi connectivity index (χ3n) is 2.47. The van der Waals surface area contributed by atoms with E-state index in [1.807, 2.05) is 0 Å². The van der Waals surface area contributed by atoms with Crippen LogP contribution in [0, 0.1) is 6.92 Å². The summed E-state index contributed by atoms with van der Waals surface area (Å²) in [6.07, 6.45) is -4.33. The topological polar surface area (TPSA) is 38.1 Å². The first-order chi connectivity index (χ1) is 7.91. The third-order valence-corrected chi connectivity index (χ3v) is 2.47. The molecule has 0 amide bonds. The van der Waals surface area contributed by atoms with Gasteiger partial charge in [0.2, 0.25) is 0 Å². The summed E-state index contributed by atoms with van der Waals surface area (Å²) >= 11 is 0. The van der Waals surface area contributed by atoms with Gasteiger partial charge in [0.15, 0.2) is 11.5 Å². The van der Waals surface area contributed by atoms with Gasteiger partial charge in [-0.3, -0.25) is 0 Å². The molecule has 0 aliphatic heterocycles. The molecule has 1 unspecified atom stereocenters. The maximum absolute atomic E-state index is 12.7. The maximum Gasteiger partial charge on any atom is 0.407 e. The smallest absolute Gasteiger partial charge is 0.407 e. The average Bonchev–Trinajstić information content (AvgIpc) is 2.56. The quantitative estimate of drug-likeness (QED) is 0.882.